The molecule has 0 bridgehead atoms. The Balaban J connectivity index is 2.46. The van der Waals surface area contributed by atoms with Crippen LogP contribution in [0.4, 0.5) is 13.2 Å². The molecule has 0 aromatic rings. The molecule has 1 heterocycles. The number of amides is 1. The fraction of sp³-hybridized carbons (Fsp3) is 0.917. The van der Waals surface area contributed by atoms with E-state index in [1.807, 2.05) is 24.2 Å². The van der Waals surface area contributed by atoms with Crippen molar-refractivity contribution in [3.63, 3.8) is 0 Å². The molecular formula is C12H22F3N3O. The van der Waals surface area contributed by atoms with Crippen LogP contribution in [0.25, 0.3) is 0 Å². The van der Waals surface area contributed by atoms with Crippen LogP contribution in [0.5, 0.6) is 0 Å². The van der Waals surface area contributed by atoms with Crippen molar-refractivity contribution in [1.29, 1.82) is 0 Å². The second kappa shape index (κ2) is 7.09. The lowest BCUT2D eigenvalue weighted by Gasteiger charge is -2.38. The number of nitrogens with one attached hydrogen (secondary N) is 2. The van der Waals surface area contributed by atoms with Crippen LogP contribution in [0, 0.1) is 0 Å². The first-order valence-corrected chi connectivity index (χ1v) is 6.58. The molecule has 0 aliphatic carbocycles. The first kappa shape index (κ1) is 16.2. The molecule has 7 heteroatoms. The second-order valence-corrected chi connectivity index (χ2v) is 5.00. The summed E-state index contributed by atoms with van der Waals surface area (Å²) in [5.74, 6) is -0.562. The topological polar surface area (TPSA) is 44.4 Å². The first-order chi connectivity index (χ1) is 8.83. The number of likely N-dealkylation sites (tertiary alicyclic amines) is 1. The molecule has 0 aromatic carbocycles. The van der Waals surface area contributed by atoms with Gasteiger partial charge in [0.15, 0.2) is 0 Å². The highest BCUT2D eigenvalue weighted by atomic mass is 19.4. The average Bonchev–Trinajstić information content (AvgIpc) is 2.35. The molecule has 2 N–H and O–H groups in total. The molecule has 1 rings (SSSR count). The van der Waals surface area contributed by atoms with Gasteiger partial charge in [-0.1, -0.05) is 6.42 Å². The van der Waals surface area contributed by atoms with Crippen molar-refractivity contribution in [3.05, 3.63) is 0 Å². The third-order valence-electron chi connectivity index (χ3n) is 3.53. The van der Waals surface area contributed by atoms with E-state index in [0.29, 0.717) is 0 Å². The van der Waals surface area contributed by atoms with E-state index in [4.69, 9.17) is 0 Å². The van der Waals surface area contributed by atoms with Gasteiger partial charge in [0.1, 0.15) is 6.54 Å². The van der Waals surface area contributed by atoms with E-state index in [1.54, 1.807) is 0 Å². The number of alkyl halides is 3. The van der Waals surface area contributed by atoms with Gasteiger partial charge in [-0.15, -0.1) is 0 Å². The van der Waals surface area contributed by atoms with Gasteiger partial charge in [0, 0.05) is 12.1 Å². The van der Waals surface area contributed by atoms with Crippen LogP contribution in [-0.2, 0) is 4.79 Å². The van der Waals surface area contributed by atoms with Gasteiger partial charge in [0.2, 0.25) is 5.91 Å². The molecule has 4 nitrogen and oxygen atoms in total. The Hall–Kier alpha value is -0.820. The second-order valence-electron chi connectivity index (χ2n) is 5.00. The van der Waals surface area contributed by atoms with E-state index >= 15 is 0 Å². The van der Waals surface area contributed by atoms with Crippen molar-refractivity contribution in [2.75, 3.05) is 26.7 Å². The highest BCUT2D eigenvalue weighted by Gasteiger charge is 2.30. The van der Waals surface area contributed by atoms with E-state index in [1.165, 1.54) is 0 Å². The summed E-state index contributed by atoms with van der Waals surface area (Å²) in [7, 11) is 1.85. The zero-order valence-corrected chi connectivity index (χ0v) is 11.4. The smallest absolute Gasteiger partial charge is 0.346 e. The SMILES string of the molecule is CNC(C)C1CCCCN1CC(=O)NCC(F)(F)F. The van der Waals surface area contributed by atoms with Crippen LogP contribution in [0.3, 0.4) is 0 Å². The number of rotatable bonds is 5. The minimum atomic E-state index is -4.35. The maximum Gasteiger partial charge on any atom is 0.405 e. The van der Waals surface area contributed by atoms with Crippen molar-refractivity contribution in [2.24, 2.45) is 0 Å². The van der Waals surface area contributed by atoms with Gasteiger partial charge >= 0.3 is 6.18 Å². The van der Waals surface area contributed by atoms with E-state index in [0.717, 1.165) is 25.8 Å². The summed E-state index contributed by atoms with van der Waals surface area (Å²) < 4.78 is 36.0. The Morgan fingerprint density at radius 3 is 2.68 bits per heavy atom. The molecule has 0 spiro atoms. The number of carbonyl (C=O) groups is 1. The quantitative estimate of drug-likeness (QED) is 0.794. The molecule has 1 fully saturated rings. The average molecular weight is 281 g/mol. The van der Waals surface area contributed by atoms with E-state index in [-0.39, 0.29) is 18.6 Å². The summed E-state index contributed by atoms with van der Waals surface area (Å²) in [5, 5.41) is 5.06. The third-order valence-corrected chi connectivity index (χ3v) is 3.53. The van der Waals surface area contributed by atoms with Gasteiger partial charge in [-0.3, -0.25) is 9.69 Å². The lowest BCUT2D eigenvalue weighted by Crippen LogP contribution is -2.53. The van der Waals surface area contributed by atoms with Gasteiger partial charge in [0.05, 0.1) is 6.54 Å². The molecular weight excluding hydrogens is 259 g/mol. The van der Waals surface area contributed by atoms with Crippen LogP contribution in [0.1, 0.15) is 26.2 Å². The molecule has 1 amide bonds. The van der Waals surface area contributed by atoms with Crippen molar-refractivity contribution >= 4 is 5.91 Å². The number of hydrogen-bond acceptors (Lipinski definition) is 3. The summed E-state index contributed by atoms with van der Waals surface area (Å²) >= 11 is 0. The lowest BCUT2D eigenvalue weighted by molar-refractivity contribution is -0.139. The molecule has 2 atom stereocenters. The molecule has 0 aromatic heterocycles. The van der Waals surface area contributed by atoms with Gasteiger partial charge in [-0.2, -0.15) is 13.2 Å². The largest absolute Gasteiger partial charge is 0.405 e. The molecule has 112 valence electrons. The maximum atomic E-state index is 12.0. The van der Waals surface area contributed by atoms with Crippen molar-refractivity contribution in [1.82, 2.24) is 15.5 Å². The predicted molar refractivity (Wildman–Crippen MR) is 66.8 cm³/mol. The fourth-order valence-electron chi connectivity index (χ4n) is 2.41. The van der Waals surface area contributed by atoms with Gasteiger partial charge in [0.25, 0.3) is 0 Å². The summed E-state index contributed by atoms with van der Waals surface area (Å²) in [6.45, 7) is 1.56. The Bertz CT molecular complexity index is 296. The van der Waals surface area contributed by atoms with Gasteiger partial charge in [-0.05, 0) is 33.4 Å². The molecule has 2 unspecified atom stereocenters. The van der Waals surface area contributed by atoms with Gasteiger partial charge in [-0.25, -0.2) is 0 Å². The van der Waals surface area contributed by atoms with Crippen molar-refractivity contribution in [3.8, 4) is 0 Å². The predicted octanol–water partition coefficient (Wildman–Crippen LogP) is 1.13. The molecule has 0 radical (unpaired) electrons. The summed E-state index contributed by atoms with van der Waals surface area (Å²) in [5.41, 5.74) is 0. The zero-order valence-electron chi connectivity index (χ0n) is 11.4. The Kier molecular flexibility index (Phi) is 6.06. The van der Waals surface area contributed by atoms with Crippen molar-refractivity contribution < 1.29 is 18.0 Å². The Morgan fingerprint density at radius 2 is 2.11 bits per heavy atom. The molecule has 19 heavy (non-hydrogen) atoms. The summed E-state index contributed by atoms with van der Waals surface area (Å²) in [4.78, 5) is 13.5. The fourth-order valence-corrected chi connectivity index (χ4v) is 2.41. The minimum absolute atomic E-state index is 0.0345. The zero-order chi connectivity index (χ0) is 14.5. The minimum Gasteiger partial charge on any atom is -0.346 e. The number of nitrogens with zero attached hydrogens (tertiary/aromatic N) is 1. The van der Waals surface area contributed by atoms with E-state index < -0.39 is 18.6 Å². The number of halogens is 3. The van der Waals surface area contributed by atoms with E-state index in [9.17, 15) is 18.0 Å². The van der Waals surface area contributed by atoms with Crippen LogP contribution in [0.15, 0.2) is 0 Å². The monoisotopic (exact) mass is 281 g/mol. The maximum absolute atomic E-state index is 12.0. The number of carbonyl (C=O) groups excluding carboxylic acids is 1. The first-order valence-electron chi connectivity index (χ1n) is 6.58. The Labute approximate surface area is 111 Å². The van der Waals surface area contributed by atoms with E-state index in [2.05, 4.69) is 5.32 Å². The van der Waals surface area contributed by atoms with Crippen LogP contribution in [-0.4, -0.2) is 55.7 Å². The van der Waals surface area contributed by atoms with Crippen molar-refractivity contribution in [2.45, 2.75) is 44.4 Å². The van der Waals surface area contributed by atoms with Crippen LogP contribution in [0.2, 0.25) is 0 Å². The van der Waals surface area contributed by atoms with Gasteiger partial charge < -0.3 is 10.6 Å². The standard InChI is InChI=1S/C12H22F3N3O/c1-9(16-2)10-5-3-4-6-18(10)7-11(19)17-8-12(13,14)15/h9-10,16H,3-8H2,1-2H3,(H,17,19). The highest BCUT2D eigenvalue weighted by molar-refractivity contribution is 5.78. The number of hydrogen-bond donors (Lipinski definition) is 2. The number of piperidine rings is 1. The molecule has 0 saturated carbocycles. The highest BCUT2D eigenvalue weighted by Crippen LogP contribution is 2.19. The van der Waals surface area contributed by atoms with Crippen LogP contribution >= 0.6 is 0 Å². The summed E-state index contributed by atoms with van der Waals surface area (Å²) in [6.07, 6.45) is -1.30. The summed E-state index contributed by atoms with van der Waals surface area (Å²) in [6, 6.07) is 0.422. The molecule has 1 aliphatic rings. The molecule has 1 aliphatic heterocycles. The van der Waals surface area contributed by atoms with Crippen LogP contribution < -0.4 is 10.6 Å². The Morgan fingerprint density at radius 1 is 1.42 bits per heavy atom. The lowest BCUT2D eigenvalue weighted by atomic mass is 9.96. The third kappa shape index (κ3) is 5.78. The number of likely N-dealkylation sites (N-methyl/N-ethyl adjacent to an activating group) is 1. The molecule has 1 saturated heterocycles. The normalized spacial score (nSPS) is 23.1.